The van der Waals surface area contributed by atoms with Crippen LogP contribution < -0.4 is 10.1 Å². The Hall–Kier alpha value is -3.83. The molecule has 1 saturated carbocycles. The molecule has 0 radical (unpaired) electrons. The molecule has 5 rings (SSSR count). The van der Waals surface area contributed by atoms with Gasteiger partial charge in [-0.3, -0.25) is 9.32 Å². The Morgan fingerprint density at radius 3 is 2.37 bits per heavy atom. The molecule has 0 atom stereocenters. The smallest absolute Gasteiger partial charge is 0.417 e. The van der Waals surface area contributed by atoms with E-state index < -0.39 is 20.3 Å². The molecule has 262 valence electrons. The van der Waals surface area contributed by atoms with Gasteiger partial charge in [0.15, 0.2) is 0 Å². The van der Waals surface area contributed by atoms with Crippen molar-refractivity contribution in [3.8, 4) is 11.6 Å². The van der Waals surface area contributed by atoms with Crippen molar-refractivity contribution in [2.75, 3.05) is 13.2 Å². The van der Waals surface area contributed by atoms with Crippen molar-refractivity contribution in [2.45, 2.75) is 72.3 Å². The topological polar surface area (TPSA) is 96.7 Å². The number of nitrogens with one attached hydrogen (secondary N) is 1. The lowest BCUT2D eigenvalue weighted by molar-refractivity contribution is -0.137. The van der Waals surface area contributed by atoms with E-state index in [-0.39, 0.29) is 24.6 Å². The lowest BCUT2D eigenvalue weighted by Crippen LogP contribution is -2.36. The monoisotopic (exact) mass is 698 g/mol. The van der Waals surface area contributed by atoms with Crippen LogP contribution in [0.15, 0.2) is 72.7 Å². The summed E-state index contributed by atoms with van der Waals surface area (Å²) in [7, 11) is -1.50. The van der Waals surface area contributed by atoms with Crippen molar-refractivity contribution in [2.24, 2.45) is 11.8 Å². The van der Waals surface area contributed by atoms with Crippen LogP contribution in [-0.4, -0.2) is 39.7 Å². The number of fused-ring (bicyclic) bond motifs is 1. The van der Waals surface area contributed by atoms with E-state index in [4.69, 9.17) is 18.3 Å². The molecule has 0 spiro atoms. The van der Waals surface area contributed by atoms with Gasteiger partial charge in [0.05, 0.1) is 24.3 Å². The van der Waals surface area contributed by atoms with Crippen LogP contribution in [0.25, 0.3) is 17.1 Å². The number of benzene rings is 1. The molecule has 0 aliphatic heterocycles. The van der Waals surface area contributed by atoms with E-state index >= 15 is 0 Å². The van der Waals surface area contributed by atoms with E-state index in [9.17, 15) is 18.0 Å². The molecule has 0 unspecified atom stereocenters. The molecule has 13 heteroatoms. The van der Waals surface area contributed by atoms with Gasteiger partial charge >= 0.3 is 14.8 Å². The summed E-state index contributed by atoms with van der Waals surface area (Å²) in [6.45, 7) is 9.61. The lowest BCUT2D eigenvalue weighted by atomic mass is 9.89. The van der Waals surface area contributed by atoms with E-state index in [1.165, 1.54) is 11.6 Å². The molecule has 1 N–H and O–H groups in total. The first-order chi connectivity index (χ1) is 23.4. The Kier molecular flexibility index (Phi) is 12.4. The van der Waals surface area contributed by atoms with Gasteiger partial charge in [-0.15, -0.1) is 0 Å². The SMILES string of the molecule is CC(C)COP(OCC(C)C)OCn1ccc2cc(C(=O)NC3CCC(=Cc4cccc(Oc5ccc(C(F)(F)F)cn5)c4)CC3)cnc21. The number of ether oxygens (including phenoxy) is 1. The number of rotatable bonds is 14. The minimum Gasteiger partial charge on any atom is -0.439 e. The molecule has 1 aliphatic rings. The highest BCUT2D eigenvalue weighted by atomic mass is 31.2. The fourth-order valence-corrected chi connectivity index (χ4v) is 6.41. The summed E-state index contributed by atoms with van der Waals surface area (Å²) in [6.07, 6.45) is 5.10. The van der Waals surface area contributed by atoms with Crippen molar-refractivity contribution in [3.05, 3.63) is 89.4 Å². The first-order valence-corrected chi connectivity index (χ1v) is 17.5. The lowest BCUT2D eigenvalue weighted by Gasteiger charge is -2.25. The van der Waals surface area contributed by atoms with Gasteiger partial charge in [0, 0.05) is 36.1 Å². The third-order valence-corrected chi connectivity index (χ3v) is 8.72. The average Bonchev–Trinajstić information content (AvgIpc) is 3.47. The average molecular weight is 699 g/mol. The standard InChI is InChI=1S/C36H42F3N4O5P/c1-24(2)21-45-49(46-22-25(3)4)47-23-43-15-14-28-18-29(19-41-34(28)43)35(44)42-31-11-8-26(9-12-31)16-27-6-5-7-32(17-27)48-33-13-10-30(20-40-33)36(37,38)39/h5-7,10,13-20,24-25,31H,8-9,11-12,21-23H2,1-4H3,(H,42,44). The second kappa shape index (κ2) is 16.7. The quantitative estimate of drug-likeness (QED) is 0.131. The normalized spacial score (nSPS) is 15.4. The molecule has 3 heterocycles. The molecule has 1 amide bonds. The summed E-state index contributed by atoms with van der Waals surface area (Å²) in [6, 6.07) is 13.3. The van der Waals surface area contributed by atoms with Crippen molar-refractivity contribution in [3.63, 3.8) is 0 Å². The van der Waals surface area contributed by atoms with Crippen LogP contribution in [-0.2, 0) is 26.5 Å². The molecular formula is C36H42F3N4O5P. The largest absolute Gasteiger partial charge is 0.439 e. The van der Waals surface area contributed by atoms with Crippen LogP contribution in [0.1, 0.15) is 74.9 Å². The van der Waals surface area contributed by atoms with Crippen LogP contribution in [0, 0.1) is 11.8 Å². The Morgan fingerprint density at radius 2 is 1.71 bits per heavy atom. The van der Waals surface area contributed by atoms with E-state index in [1.807, 2.05) is 41.1 Å². The van der Waals surface area contributed by atoms with Gasteiger partial charge in [0.25, 0.3) is 5.91 Å². The molecule has 1 aromatic carbocycles. The highest BCUT2D eigenvalue weighted by Gasteiger charge is 2.30. The van der Waals surface area contributed by atoms with Gasteiger partial charge in [-0.25, -0.2) is 9.97 Å². The molecule has 9 nitrogen and oxygen atoms in total. The van der Waals surface area contributed by atoms with Crippen LogP contribution in [0.3, 0.4) is 0 Å². The van der Waals surface area contributed by atoms with Crippen molar-refractivity contribution >= 4 is 31.6 Å². The zero-order chi connectivity index (χ0) is 35.0. The third kappa shape index (κ3) is 10.8. The van der Waals surface area contributed by atoms with Crippen molar-refractivity contribution < 1.29 is 36.3 Å². The van der Waals surface area contributed by atoms with Gasteiger partial charge in [-0.1, -0.05) is 51.5 Å². The second-order valence-electron chi connectivity index (χ2n) is 12.9. The van der Waals surface area contributed by atoms with Gasteiger partial charge in [0.2, 0.25) is 5.88 Å². The molecule has 1 fully saturated rings. The maximum Gasteiger partial charge on any atom is 0.417 e. The second-order valence-corrected chi connectivity index (χ2v) is 14.1. The highest BCUT2D eigenvalue weighted by Crippen LogP contribution is 2.41. The molecule has 3 aromatic heterocycles. The van der Waals surface area contributed by atoms with Gasteiger partial charge in [-0.05, 0) is 73.4 Å². The maximum absolute atomic E-state index is 13.2. The first-order valence-electron chi connectivity index (χ1n) is 16.4. The fourth-order valence-electron chi connectivity index (χ4n) is 5.13. The number of alkyl halides is 3. The molecule has 4 aromatic rings. The van der Waals surface area contributed by atoms with E-state index in [0.717, 1.165) is 48.9 Å². The summed E-state index contributed by atoms with van der Waals surface area (Å²) in [5, 5.41) is 4.00. The van der Waals surface area contributed by atoms with Crippen molar-refractivity contribution in [1.29, 1.82) is 0 Å². The number of aromatic nitrogens is 3. The van der Waals surface area contributed by atoms with E-state index in [2.05, 4.69) is 49.1 Å². The van der Waals surface area contributed by atoms with E-state index in [1.54, 1.807) is 12.3 Å². The van der Waals surface area contributed by atoms with Gasteiger partial charge in [-0.2, -0.15) is 13.2 Å². The minimum atomic E-state index is -4.45. The maximum atomic E-state index is 13.2. The Bertz CT molecular complexity index is 1700. The number of allylic oxidation sites excluding steroid dienone is 1. The predicted molar refractivity (Wildman–Crippen MR) is 183 cm³/mol. The van der Waals surface area contributed by atoms with Crippen LogP contribution >= 0.6 is 8.60 Å². The van der Waals surface area contributed by atoms with Crippen LogP contribution in [0.2, 0.25) is 0 Å². The number of carbonyl (C=O) groups is 1. The van der Waals surface area contributed by atoms with Crippen molar-refractivity contribution in [1.82, 2.24) is 19.9 Å². The number of carbonyl (C=O) groups excluding carboxylic acids is 1. The Morgan fingerprint density at radius 1 is 0.980 bits per heavy atom. The molecular weight excluding hydrogens is 656 g/mol. The predicted octanol–water partition coefficient (Wildman–Crippen LogP) is 9.54. The van der Waals surface area contributed by atoms with E-state index in [0.29, 0.717) is 42.0 Å². The van der Waals surface area contributed by atoms with Crippen LogP contribution in [0.5, 0.6) is 11.6 Å². The molecule has 0 saturated heterocycles. The van der Waals surface area contributed by atoms with Crippen LogP contribution in [0.4, 0.5) is 13.2 Å². The molecule has 1 aliphatic carbocycles. The number of halogens is 3. The fraction of sp³-hybridized carbons (Fsp3) is 0.417. The number of hydrogen-bond donors (Lipinski definition) is 1. The number of pyridine rings is 2. The third-order valence-electron chi connectivity index (χ3n) is 7.67. The van der Waals surface area contributed by atoms with Gasteiger partial charge in [0.1, 0.15) is 18.1 Å². The summed E-state index contributed by atoms with van der Waals surface area (Å²) in [4.78, 5) is 21.5. The molecule has 49 heavy (non-hydrogen) atoms. The molecule has 0 bridgehead atoms. The number of amides is 1. The Balaban J connectivity index is 1.12. The zero-order valence-electron chi connectivity index (χ0n) is 28.1. The highest BCUT2D eigenvalue weighted by molar-refractivity contribution is 7.41. The summed E-state index contributed by atoms with van der Waals surface area (Å²) < 4.78 is 63.7. The Labute approximate surface area is 285 Å². The van der Waals surface area contributed by atoms with Gasteiger partial charge < -0.3 is 23.7 Å². The summed E-state index contributed by atoms with van der Waals surface area (Å²) in [5.41, 5.74) is 2.54. The summed E-state index contributed by atoms with van der Waals surface area (Å²) >= 11 is 0. The zero-order valence-corrected chi connectivity index (χ0v) is 29.0. The minimum absolute atomic E-state index is 0.0367. The number of nitrogens with zero attached hydrogens (tertiary/aromatic N) is 3. The first kappa shape index (κ1) is 36.5. The number of hydrogen-bond acceptors (Lipinski definition) is 7. The summed E-state index contributed by atoms with van der Waals surface area (Å²) in [5.74, 6) is 1.12.